The molecule has 0 N–H and O–H groups in total. The Morgan fingerprint density at radius 1 is 1.05 bits per heavy atom. The molecule has 0 aliphatic heterocycles. The largest absolute Gasteiger partial charge is 0.497 e. The second kappa shape index (κ2) is 6.05. The Bertz CT molecular complexity index is 576. The van der Waals surface area contributed by atoms with E-state index in [1.54, 1.807) is 26.2 Å². The number of rotatable bonds is 5. The van der Waals surface area contributed by atoms with E-state index in [0.29, 0.717) is 17.9 Å². The van der Waals surface area contributed by atoms with Crippen molar-refractivity contribution in [3.63, 3.8) is 0 Å². The van der Waals surface area contributed by atoms with Crippen LogP contribution in [-0.4, -0.2) is 12.9 Å². The highest BCUT2D eigenvalue weighted by atomic mass is 16.5. The summed E-state index contributed by atoms with van der Waals surface area (Å²) < 4.78 is 10.8. The van der Waals surface area contributed by atoms with E-state index in [-0.39, 0.29) is 5.78 Å². The first-order chi connectivity index (χ1) is 9.19. The summed E-state index contributed by atoms with van der Waals surface area (Å²) in [6, 6.07) is 14.9. The normalized spacial score (nSPS) is 10.0. The molecule has 3 heteroatoms. The van der Waals surface area contributed by atoms with Gasteiger partial charge in [-0.3, -0.25) is 4.79 Å². The van der Waals surface area contributed by atoms with Gasteiger partial charge in [0.2, 0.25) is 0 Å². The maximum atomic E-state index is 11.3. The first kappa shape index (κ1) is 13.1. The second-order valence-corrected chi connectivity index (χ2v) is 4.22. The smallest absolute Gasteiger partial charge is 0.159 e. The molecule has 0 spiro atoms. The van der Waals surface area contributed by atoms with Crippen molar-refractivity contribution in [2.24, 2.45) is 0 Å². The summed E-state index contributed by atoms with van der Waals surface area (Å²) in [6.45, 7) is 1.99. The molecule has 0 bridgehead atoms. The van der Waals surface area contributed by atoms with Crippen LogP contribution >= 0.6 is 0 Å². The Kier molecular flexibility index (Phi) is 4.18. The monoisotopic (exact) mass is 256 g/mol. The number of ketones is 1. The molecule has 0 unspecified atom stereocenters. The van der Waals surface area contributed by atoms with Crippen LogP contribution in [0.4, 0.5) is 0 Å². The van der Waals surface area contributed by atoms with Crippen molar-refractivity contribution in [2.75, 3.05) is 7.11 Å². The van der Waals surface area contributed by atoms with Crippen LogP contribution in [0.15, 0.2) is 48.5 Å². The SMILES string of the molecule is COc1cccc(COc2cccc(C(C)=O)c2)c1. The van der Waals surface area contributed by atoms with Crippen molar-refractivity contribution in [1.82, 2.24) is 0 Å². The number of Topliss-reactive ketones (excluding diaryl/α,β-unsaturated/α-hetero) is 1. The van der Waals surface area contributed by atoms with E-state index in [1.807, 2.05) is 36.4 Å². The molecule has 2 rings (SSSR count). The maximum Gasteiger partial charge on any atom is 0.159 e. The number of carbonyl (C=O) groups is 1. The van der Waals surface area contributed by atoms with Crippen LogP contribution in [0.5, 0.6) is 11.5 Å². The van der Waals surface area contributed by atoms with Crippen LogP contribution in [0.3, 0.4) is 0 Å². The highest BCUT2D eigenvalue weighted by molar-refractivity contribution is 5.94. The number of ether oxygens (including phenoxy) is 2. The Morgan fingerprint density at radius 3 is 2.53 bits per heavy atom. The fourth-order valence-electron chi connectivity index (χ4n) is 1.73. The summed E-state index contributed by atoms with van der Waals surface area (Å²) in [7, 11) is 1.64. The molecule has 2 aromatic rings. The van der Waals surface area contributed by atoms with Crippen LogP contribution in [0.2, 0.25) is 0 Å². The summed E-state index contributed by atoms with van der Waals surface area (Å²) in [6.07, 6.45) is 0. The molecule has 0 radical (unpaired) electrons. The minimum Gasteiger partial charge on any atom is -0.497 e. The molecule has 19 heavy (non-hydrogen) atoms. The molecule has 0 saturated carbocycles. The summed E-state index contributed by atoms with van der Waals surface area (Å²) in [5.74, 6) is 1.53. The molecule has 0 aliphatic carbocycles. The van der Waals surface area contributed by atoms with Gasteiger partial charge in [-0.05, 0) is 36.8 Å². The van der Waals surface area contributed by atoms with Crippen molar-refractivity contribution < 1.29 is 14.3 Å². The van der Waals surface area contributed by atoms with Crippen LogP contribution in [-0.2, 0) is 6.61 Å². The van der Waals surface area contributed by atoms with Gasteiger partial charge in [-0.2, -0.15) is 0 Å². The third kappa shape index (κ3) is 3.58. The minimum atomic E-state index is 0.0341. The van der Waals surface area contributed by atoms with E-state index in [4.69, 9.17) is 9.47 Å². The number of methoxy groups -OCH3 is 1. The molecule has 0 aliphatic rings. The van der Waals surface area contributed by atoms with E-state index in [9.17, 15) is 4.79 Å². The van der Waals surface area contributed by atoms with Crippen molar-refractivity contribution in [3.8, 4) is 11.5 Å². The highest BCUT2D eigenvalue weighted by Crippen LogP contribution is 2.17. The molecule has 0 heterocycles. The summed E-state index contributed by atoms with van der Waals surface area (Å²) in [5, 5.41) is 0. The second-order valence-electron chi connectivity index (χ2n) is 4.22. The van der Waals surface area contributed by atoms with E-state index >= 15 is 0 Å². The van der Waals surface area contributed by atoms with Gasteiger partial charge in [0.15, 0.2) is 5.78 Å². The maximum absolute atomic E-state index is 11.3. The van der Waals surface area contributed by atoms with Gasteiger partial charge in [0.25, 0.3) is 0 Å². The first-order valence-corrected chi connectivity index (χ1v) is 6.06. The zero-order valence-corrected chi connectivity index (χ0v) is 11.1. The van der Waals surface area contributed by atoms with E-state index in [1.165, 1.54) is 0 Å². The molecule has 2 aromatic carbocycles. The molecule has 0 atom stereocenters. The average Bonchev–Trinajstić information content (AvgIpc) is 2.45. The Hall–Kier alpha value is -2.29. The fraction of sp³-hybridized carbons (Fsp3) is 0.188. The number of hydrogen-bond donors (Lipinski definition) is 0. The lowest BCUT2D eigenvalue weighted by atomic mass is 10.1. The molecule has 0 saturated heterocycles. The van der Waals surface area contributed by atoms with Crippen LogP contribution < -0.4 is 9.47 Å². The third-order valence-corrected chi connectivity index (χ3v) is 2.78. The standard InChI is InChI=1S/C16H16O3/c1-12(17)14-6-4-8-16(10-14)19-11-13-5-3-7-15(9-13)18-2/h3-10H,11H2,1-2H3. The third-order valence-electron chi connectivity index (χ3n) is 2.78. The van der Waals surface area contributed by atoms with Gasteiger partial charge in [-0.25, -0.2) is 0 Å². The molecular weight excluding hydrogens is 240 g/mol. The zero-order chi connectivity index (χ0) is 13.7. The summed E-state index contributed by atoms with van der Waals surface area (Å²) in [5.41, 5.74) is 1.68. The lowest BCUT2D eigenvalue weighted by molar-refractivity contribution is 0.101. The van der Waals surface area contributed by atoms with E-state index in [0.717, 1.165) is 11.3 Å². The van der Waals surface area contributed by atoms with Crippen LogP contribution in [0, 0.1) is 0 Å². The lowest BCUT2D eigenvalue weighted by Crippen LogP contribution is -1.98. The van der Waals surface area contributed by atoms with E-state index < -0.39 is 0 Å². The number of hydrogen-bond acceptors (Lipinski definition) is 3. The predicted octanol–water partition coefficient (Wildman–Crippen LogP) is 3.48. The predicted molar refractivity (Wildman–Crippen MR) is 73.8 cm³/mol. The van der Waals surface area contributed by atoms with E-state index in [2.05, 4.69) is 0 Å². The topological polar surface area (TPSA) is 35.5 Å². The molecular formula is C16H16O3. The van der Waals surface area contributed by atoms with Crippen molar-refractivity contribution >= 4 is 5.78 Å². The Balaban J connectivity index is 2.05. The fourth-order valence-corrected chi connectivity index (χ4v) is 1.73. The van der Waals surface area contributed by atoms with Gasteiger partial charge in [-0.15, -0.1) is 0 Å². The lowest BCUT2D eigenvalue weighted by Gasteiger charge is -2.08. The molecule has 0 fully saturated rings. The van der Waals surface area contributed by atoms with Crippen molar-refractivity contribution in [3.05, 3.63) is 59.7 Å². The Labute approximate surface area is 112 Å². The average molecular weight is 256 g/mol. The van der Waals surface area contributed by atoms with Crippen LogP contribution in [0.1, 0.15) is 22.8 Å². The molecule has 0 amide bonds. The van der Waals surface area contributed by atoms with Crippen molar-refractivity contribution in [1.29, 1.82) is 0 Å². The van der Waals surface area contributed by atoms with Crippen molar-refractivity contribution in [2.45, 2.75) is 13.5 Å². The number of benzene rings is 2. The van der Waals surface area contributed by atoms with Gasteiger partial charge in [0.1, 0.15) is 18.1 Å². The molecule has 3 nitrogen and oxygen atoms in total. The first-order valence-electron chi connectivity index (χ1n) is 6.06. The van der Waals surface area contributed by atoms with Crippen LogP contribution in [0.25, 0.3) is 0 Å². The van der Waals surface area contributed by atoms with Gasteiger partial charge < -0.3 is 9.47 Å². The zero-order valence-electron chi connectivity index (χ0n) is 11.1. The minimum absolute atomic E-state index is 0.0341. The summed E-state index contributed by atoms with van der Waals surface area (Å²) >= 11 is 0. The quantitative estimate of drug-likeness (QED) is 0.768. The van der Waals surface area contributed by atoms with Gasteiger partial charge >= 0.3 is 0 Å². The molecule has 98 valence electrons. The Morgan fingerprint density at radius 2 is 1.79 bits per heavy atom. The summed E-state index contributed by atoms with van der Waals surface area (Å²) in [4.78, 5) is 11.3. The van der Waals surface area contributed by atoms with Gasteiger partial charge in [0.05, 0.1) is 7.11 Å². The highest BCUT2D eigenvalue weighted by Gasteiger charge is 2.02. The number of carbonyl (C=O) groups excluding carboxylic acids is 1. The van der Waals surface area contributed by atoms with Gasteiger partial charge in [0, 0.05) is 5.56 Å². The van der Waals surface area contributed by atoms with Gasteiger partial charge in [-0.1, -0.05) is 24.3 Å². The molecule has 0 aromatic heterocycles.